The molecule has 0 aliphatic carbocycles. The molecular formula is C15H17NO2. The maximum atomic E-state index is 11.6. The van der Waals surface area contributed by atoms with Crippen molar-refractivity contribution in [3.8, 4) is 0 Å². The van der Waals surface area contributed by atoms with E-state index in [-0.39, 0.29) is 5.97 Å². The van der Waals surface area contributed by atoms with E-state index in [9.17, 15) is 4.79 Å². The van der Waals surface area contributed by atoms with Gasteiger partial charge in [0.05, 0.1) is 6.61 Å². The fraction of sp³-hybridized carbons (Fsp3) is 0.267. The Morgan fingerprint density at radius 1 is 1.22 bits per heavy atom. The Morgan fingerprint density at radius 3 is 2.61 bits per heavy atom. The summed E-state index contributed by atoms with van der Waals surface area (Å²) in [5.41, 5.74) is 7.87. The number of carbonyl (C=O) groups is 1. The summed E-state index contributed by atoms with van der Waals surface area (Å²) < 4.78 is 4.93. The Morgan fingerprint density at radius 2 is 1.89 bits per heavy atom. The van der Waals surface area contributed by atoms with E-state index in [4.69, 9.17) is 10.5 Å². The number of benzene rings is 2. The van der Waals surface area contributed by atoms with Gasteiger partial charge in [0.1, 0.15) is 6.04 Å². The fourth-order valence-electron chi connectivity index (χ4n) is 1.95. The maximum absolute atomic E-state index is 11.6. The number of aryl methyl sites for hydroxylation is 1. The zero-order chi connectivity index (χ0) is 13.1. The largest absolute Gasteiger partial charge is 0.465 e. The Kier molecular flexibility index (Phi) is 3.63. The zero-order valence-corrected chi connectivity index (χ0v) is 10.6. The highest BCUT2D eigenvalue weighted by atomic mass is 16.5. The number of hydrogen-bond acceptors (Lipinski definition) is 3. The van der Waals surface area contributed by atoms with Crippen LogP contribution in [-0.2, 0) is 9.53 Å². The molecular weight excluding hydrogens is 226 g/mol. The Bertz CT molecular complexity index is 578. The molecule has 0 saturated heterocycles. The lowest BCUT2D eigenvalue weighted by Gasteiger charge is -2.11. The van der Waals surface area contributed by atoms with Crippen molar-refractivity contribution in [1.29, 1.82) is 0 Å². The van der Waals surface area contributed by atoms with Gasteiger partial charge >= 0.3 is 5.97 Å². The van der Waals surface area contributed by atoms with Crippen molar-refractivity contribution >= 4 is 16.7 Å². The molecule has 3 nitrogen and oxygen atoms in total. The summed E-state index contributed by atoms with van der Waals surface area (Å²) in [7, 11) is 0. The van der Waals surface area contributed by atoms with E-state index in [1.807, 2.05) is 30.3 Å². The van der Waals surface area contributed by atoms with E-state index in [1.165, 1.54) is 5.56 Å². The molecule has 0 radical (unpaired) electrons. The van der Waals surface area contributed by atoms with Crippen LogP contribution < -0.4 is 5.73 Å². The third kappa shape index (κ3) is 2.51. The highest BCUT2D eigenvalue weighted by Crippen LogP contribution is 2.21. The quantitative estimate of drug-likeness (QED) is 0.843. The van der Waals surface area contributed by atoms with Crippen molar-refractivity contribution in [2.24, 2.45) is 5.73 Å². The Hall–Kier alpha value is -1.87. The van der Waals surface area contributed by atoms with Gasteiger partial charge in [-0.25, -0.2) is 4.79 Å². The highest BCUT2D eigenvalue weighted by Gasteiger charge is 2.16. The molecule has 0 aliphatic rings. The standard InChI is InChI=1S/C15H17NO2/c1-3-18-15(17)14(16)13-7-6-11-8-10(2)4-5-12(11)9-13/h4-9,14H,3,16H2,1-2H3. The number of rotatable bonds is 3. The van der Waals surface area contributed by atoms with Gasteiger partial charge in [0.15, 0.2) is 0 Å². The van der Waals surface area contributed by atoms with E-state index >= 15 is 0 Å². The topological polar surface area (TPSA) is 52.3 Å². The van der Waals surface area contributed by atoms with Crippen LogP contribution in [0.1, 0.15) is 24.1 Å². The molecule has 18 heavy (non-hydrogen) atoms. The third-order valence-electron chi connectivity index (χ3n) is 2.92. The lowest BCUT2D eigenvalue weighted by atomic mass is 10.0. The molecule has 0 heterocycles. The average Bonchev–Trinajstić information content (AvgIpc) is 2.37. The number of nitrogens with two attached hydrogens (primary N) is 1. The number of hydrogen-bond donors (Lipinski definition) is 1. The molecule has 2 aromatic carbocycles. The normalized spacial score (nSPS) is 12.4. The molecule has 0 bridgehead atoms. The van der Waals surface area contributed by atoms with Gasteiger partial charge in [-0.2, -0.15) is 0 Å². The van der Waals surface area contributed by atoms with Gasteiger partial charge in [-0.15, -0.1) is 0 Å². The summed E-state index contributed by atoms with van der Waals surface area (Å²) in [6.07, 6.45) is 0. The van der Waals surface area contributed by atoms with Crippen LogP contribution >= 0.6 is 0 Å². The molecule has 0 spiro atoms. The highest BCUT2D eigenvalue weighted by molar-refractivity contribution is 5.86. The Balaban J connectivity index is 2.35. The van der Waals surface area contributed by atoms with Crippen molar-refractivity contribution < 1.29 is 9.53 Å². The minimum Gasteiger partial charge on any atom is -0.465 e. The predicted octanol–water partition coefficient (Wildman–Crippen LogP) is 2.71. The summed E-state index contributed by atoms with van der Waals surface area (Å²) in [6.45, 7) is 4.17. The van der Waals surface area contributed by atoms with E-state index < -0.39 is 6.04 Å². The second kappa shape index (κ2) is 5.19. The minimum absolute atomic E-state index is 0.347. The summed E-state index contributed by atoms with van der Waals surface area (Å²) in [5.74, 6) is -0.385. The summed E-state index contributed by atoms with van der Waals surface area (Å²) in [6, 6.07) is 11.3. The fourth-order valence-corrected chi connectivity index (χ4v) is 1.95. The number of carbonyl (C=O) groups excluding carboxylic acids is 1. The van der Waals surface area contributed by atoms with Crippen LogP contribution in [-0.4, -0.2) is 12.6 Å². The first kappa shape index (κ1) is 12.6. The first-order valence-electron chi connectivity index (χ1n) is 6.04. The molecule has 2 N–H and O–H groups in total. The van der Waals surface area contributed by atoms with Crippen LogP contribution in [0.3, 0.4) is 0 Å². The molecule has 3 heteroatoms. The van der Waals surface area contributed by atoms with Crippen molar-refractivity contribution in [3.05, 3.63) is 47.5 Å². The van der Waals surface area contributed by atoms with Crippen molar-refractivity contribution in [1.82, 2.24) is 0 Å². The molecule has 0 saturated carbocycles. The SMILES string of the molecule is CCOC(=O)C(N)c1ccc2cc(C)ccc2c1. The van der Waals surface area contributed by atoms with Crippen LogP contribution in [0.4, 0.5) is 0 Å². The van der Waals surface area contributed by atoms with Crippen LogP contribution in [0.5, 0.6) is 0 Å². The van der Waals surface area contributed by atoms with E-state index in [2.05, 4.69) is 13.0 Å². The molecule has 0 fully saturated rings. The summed E-state index contributed by atoms with van der Waals surface area (Å²) in [5, 5.41) is 2.23. The summed E-state index contributed by atoms with van der Waals surface area (Å²) >= 11 is 0. The van der Waals surface area contributed by atoms with E-state index in [0.717, 1.165) is 16.3 Å². The van der Waals surface area contributed by atoms with Crippen LogP contribution in [0, 0.1) is 6.92 Å². The number of ether oxygens (including phenoxy) is 1. The molecule has 2 aromatic rings. The first-order valence-corrected chi connectivity index (χ1v) is 6.04. The van der Waals surface area contributed by atoms with E-state index in [1.54, 1.807) is 6.92 Å². The number of esters is 1. The lowest BCUT2D eigenvalue weighted by Crippen LogP contribution is -2.23. The van der Waals surface area contributed by atoms with Crippen molar-refractivity contribution in [3.63, 3.8) is 0 Å². The van der Waals surface area contributed by atoms with Gasteiger partial charge in [0.2, 0.25) is 0 Å². The predicted molar refractivity (Wildman–Crippen MR) is 72.2 cm³/mol. The molecule has 0 amide bonds. The first-order chi connectivity index (χ1) is 8.61. The van der Waals surface area contributed by atoms with Gasteiger partial charge in [-0.1, -0.05) is 35.9 Å². The van der Waals surface area contributed by atoms with Gasteiger partial charge in [-0.3, -0.25) is 0 Å². The summed E-state index contributed by atoms with van der Waals surface area (Å²) in [4.78, 5) is 11.6. The van der Waals surface area contributed by atoms with Crippen LogP contribution in [0.25, 0.3) is 10.8 Å². The van der Waals surface area contributed by atoms with Crippen molar-refractivity contribution in [2.45, 2.75) is 19.9 Å². The monoisotopic (exact) mass is 243 g/mol. The lowest BCUT2D eigenvalue weighted by molar-refractivity contribution is -0.144. The zero-order valence-electron chi connectivity index (χ0n) is 10.6. The minimum atomic E-state index is -0.712. The second-order valence-electron chi connectivity index (χ2n) is 4.34. The maximum Gasteiger partial charge on any atom is 0.327 e. The average molecular weight is 243 g/mol. The van der Waals surface area contributed by atoms with Crippen molar-refractivity contribution in [2.75, 3.05) is 6.61 Å². The van der Waals surface area contributed by atoms with E-state index in [0.29, 0.717) is 6.61 Å². The smallest absolute Gasteiger partial charge is 0.327 e. The molecule has 1 atom stereocenters. The second-order valence-corrected chi connectivity index (χ2v) is 4.34. The van der Waals surface area contributed by atoms with Crippen LogP contribution in [0.2, 0.25) is 0 Å². The van der Waals surface area contributed by atoms with Gasteiger partial charge in [-0.05, 0) is 36.2 Å². The van der Waals surface area contributed by atoms with Gasteiger partial charge in [0.25, 0.3) is 0 Å². The Labute approximate surface area is 107 Å². The van der Waals surface area contributed by atoms with Gasteiger partial charge < -0.3 is 10.5 Å². The van der Waals surface area contributed by atoms with Crippen LogP contribution in [0.15, 0.2) is 36.4 Å². The van der Waals surface area contributed by atoms with Gasteiger partial charge in [0, 0.05) is 0 Å². The number of fused-ring (bicyclic) bond motifs is 1. The molecule has 1 unspecified atom stereocenters. The molecule has 94 valence electrons. The molecule has 2 rings (SSSR count). The molecule has 0 aliphatic heterocycles. The molecule has 0 aromatic heterocycles. The third-order valence-corrected chi connectivity index (χ3v) is 2.92.